The standard InChI is InChI=1S/C9H18NO5PS/c1-9(2,3)15-8(11)7(10-6-17)16(12,13-4)14-5/h6-7H,1-5H3,(H,10,17). The Hall–Kier alpha value is -0.490. The molecular formula is C9H18NO5PS. The molecule has 0 aromatic carbocycles. The first-order chi connectivity index (χ1) is 7.70. The van der Waals surface area contributed by atoms with Crippen molar-refractivity contribution in [2.45, 2.75) is 32.2 Å². The SMILES string of the molecule is COP(=O)(OC)C(NC=S)C(=O)OC(C)(C)C. The molecule has 0 saturated carbocycles. The molecular weight excluding hydrogens is 265 g/mol. The molecule has 100 valence electrons. The Kier molecular flexibility index (Phi) is 6.26. The molecule has 0 heterocycles. The second-order valence-corrected chi connectivity index (χ2v) is 6.69. The minimum Gasteiger partial charge on any atom is -0.458 e. The van der Waals surface area contributed by atoms with E-state index in [0.717, 1.165) is 5.49 Å². The molecule has 0 fully saturated rings. The first kappa shape index (κ1) is 16.5. The van der Waals surface area contributed by atoms with Crippen molar-refractivity contribution in [3.63, 3.8) is 0 Å². The van der Waals surface area contributed by atoms with E-state index in [1.54, 1.807) is 20.8 Å². The molecule has 0 amide bonds. The summed E-state index contributed by atoms with van der Waals surface area (Å²) in [7, 11) is -1.26. The zero-order valence-electron chi connectivity index (χ0n) is 10.6. The molecule has 6 nitrogen and oxygen atoms in total. The number of hydrogen-bond acceptors (Lipinski definition) is 6. The summed E-state index contributed by atoms with van der Waals surface area (Å²) in [6.45, 7) is 5.09. The Morgan fingerprint density at radius 2 is 1.82 bits per heavy atom. The number of carbonyl (C=O) groups excluding carboxylic acids is 1. The summed E-state index contributed by atoms with van der Waals surface area (Å²) in [5.41, 5.74) is 0.365. The maximum atomic E-state index is 12.1. The summed E-state index contributed by atoms with van der Waals surface area (Å²) in [4.78, 5) is 11.8. The number of hydrogen-bond donors (Lipinski definition) is 1. The molecule has 1 N–H and O–H groups in total. The van der Waals surface area contributed by atoms with E-state index in [9.17, 15) is 9.36 Å². The zero-order valence-corrected chi connectivity index (χ0v) is 12.3. The van der Waals surface area contributed by atoms with E-state index < -0.39 is 24.9 Å². The van der Waals surface area contributed by atoms with Crippen LogP contribution >= 0.6 is 19.8 Å². The Morgan fingerprint density at radius 1 is 1.35 bits per heavy atom. The van der Waals surface area contributed by atoms with Gasteiger partial charge in [0, 0.05) is 14.2 Å². The van der Waals surface area contributed by atoms with Crippen LogP contribution in [0.25, 0.3) is 0 Å². The smallest absolute Gasteiger partial charge is 0.363 e. The first-order valence-electron chi connectivity index (χ1n) is 4.84. The highest BCUT2D eigenvalue weighted by molar-refractivity contribution is 7.78. The van der Waals surface area contributed by atoms with Crippen molar-refractivity contribution in [2.24, 2.45) is 0 Å². The van der Waals surface area contributed by atoms with Crippen LogP contribution in [0.4, 0.5) is 0 Å². The Morgan fingerprint density at radius 3 is 2.12 bits per heavy atom. The highest BCUT2D eigenvalue weighted by Gasteiger charge is 2.42. The highest BCUT2D eigenvalue weighted by atomic mass is 32.1. The molecule has 1 unspecified atom stereocenters. The molecule has 1 atom stereocenters. The summed E-state index contributed by atoms with van der Waals surface area (Å²) in [5, 5.41) is 2.45. The van der Waals surface area contributed by atoms with Gasteiger partial charge in [-0.1, -0.05) is 12.2 Å². The molecule has 8 heteroatoms. The molecule has 0 aliphatic heterocycles. The van der Waals surface area contributed by atoms with Gasteiger partial charge in [-0.15, -0.1) is 0 Å². The number of ether oxygens (including phenoxy) is 1. The van der Waals surface area contributed by atoms with Gasteiger partial charge in [-0.2, -0.15) is 0 Å². The maximum absolute atomic E-state index is 12.1. The third-order valence-electron chi connectivity index (χ3n) is 1.68. The van der Waals surface area contributed by atoms with Crippen molar-refractivity contribution in [1.29, 1.82) is 0 Å². The van der Waals surface area contributed by atoms with E-state index in [1.165, 1.54) is 14.2 Å². The average molecular weight is 283 g/mol. The van der Waals surface area contributed by atoms with Gasteiger partial charge in [-0.25, -0.2) is 4.79 Å². The maximum Gasteiger partial charge on any atom is 0.363 e. The van der Waals surface area contributed by atoms with E-state index in [2.05, 4.69) is 17.5 Å². The summed E-state index contributed by atoms with van der Waals surface area (Å²) in [6, 6.07) is 0. The van der Waals surface area contributed by atoms with Crippen molar-refractivity contribution in [3.05, 3.63) is 0 Å². The largest absolute Gasteiger partial charge is 0.458 e. The number of thiocarbonyl (C=S) groups is 1. The minimum absolute atomic E-state index is 0.704. The van der Waals surface area contributed by atoms with Crippen LogP contribution in [-0.2, 0) is 23.1 Å². The Balaban J connectivity index is 5.03. The Bertz CT molecular complexity index is 320. The summed E-state index contributed by atoms with van der Waals surface area (Å²) in [6.07, 6.45) is 0. The fourth-order valence-corrected chi connectivity index (χ4v) is 2.37. The van der Waals surface area contributed by atoms with Crippen LogP contribution < -0.4 is 5.32 Å². The van der Waals surface area contributed by atoms with Crippen molar-refractivity contribution < 1.29 is 23.1 Å². The van der Waals surface area contributed by atoms with E-state index in [0.29, 0.717) is 0 Å². The molecule has 0 aliphatic rings. The predicted octanol–water partition coefficient (Wildman–Crippen LogP) is 1.69. The molecule has 17 heavy (non-hydrogen) atoms. The van der Waals surface area contributed by atoms with Gasteiger partial charge in [-0.3, -0.25) is 4.57 Å². The van der Waals surface area contributed by atoms with E-state index in [-0.39, 0.29) is 0 Å². The van der Waals surface area contributed by atoms with Crippen LogP contribution in [0, 0.1) is 0 Å². The van der Waals surface area contributed by atoms with E-state index in [4.69, 9.17) is 13.8 Å². The minimum atomic E-state index is -3.63. The van der Waals surface area contributed by atoms with Gasteiger partial charge in [0.2, 0.25) is 5.78 Å². The van der Waals surface area contributed by atoms with Gasteiger partial charge in [0.1, 0.15) is 5.60 Å². The van der Waals surface area contributed by atoms with Crippen molar-refractivity contribution in [2.75, 3.05) is 14.2 Å². The number of nitrogens with one attached hydrogen (secondary N) is 1. The lowest BCUT2D eigenvalue weighted by atomic mass is 10.2. The van der Waals surface area contributed by atoms with Gasteiger partial charge in [-0.05, 0) is 20.8 Å². The lowest BCUT2D eigenvalue weighted by Gasteiger charge is -2.26. The summed E-state index contributed by atoms with van der Waals surface area (Å²) < 4.78 is 26.7. The van der Waals surface area contributed by atoms with Gasteiger partial charge in [0.15, 0.2) is 0 Å². The second-order valence-electron chi connectivity index (χ2n) is 4.13. The quantitative estimate of drug-likeness (QED) is 0.451. The summed E-state index contributed by atoms with van der Waals surface area (Å²) in [5.74, 6) is -2.01. The van der Waals surface area contributed by atoms with Gasteiger partial charge >= 0.3 is 13.6 Å². The zero-order chi connectivity index (χ0) is 13.7. The molecule has 0 bridgehead atoms. The predicted molar refractivity (Wildman–Crippen MR) is 68.0 cm³/mol. The fourth-order valence-electron chi connectivity index (χ4n) is 0.996. The topological polar surface area (TPSA) is 73.9 Å². The van der Waals surface area contributed by atoms with Crippen molar-refractivity contribution in [1.82, 2.24) is 5.32 Å². The average Bonchev–Trinajstić information content (AvgIpc) is 2.22. The normalized spacial score (nSPS) is 13.9. The molecule has 0 radical (unpaired) electrons. The lowest BCUT2D eigenvalue weighted by molar-refractivity contribution is -0.155. The molecule has 0 aliphatic carbocycles. The number of rotatable bonds is 6. The number of esters is 1. The van der Waals surface area contributed by atoms with Crippen LogP contribution in [0.5, 0.6) is 0 Å². The monoisotopic (exact) mass is 283 g/mol. The third-order valence-corrected chi connectivity index (χ3v) is 3.83. The molecule has 0 aromatic heterocycles. The third kappa shape index (κ3) is 5.12. The van der Waals surface area contributed by atoms with E-state index in [1.807, 2.05) is 0 Å². The van der Waals surface area contributed by atoms with E-state index >= 15 is 0 Å². The van der Waals surface area contributed by atoms with Crippen LogP contribution in [0.1, 0.15) is 20.8 Å². The first-order valence-corrected chi connectivity index (χ1v) is 6.92. The van der Waals surface area contributed by atoms with Crippen molar-refractivity contribution >= 4 is 31.3 Å². The van der Waals surface area contributed by atoms with Crippen LogP contribution in [0.15, 0.2) is 0 Å². The number of carbonyl (C=O) groups is 1. The molecule has 0 spiro atoms. The lowest BCUT2D eigenvalue weighted by Crippen LogP contribution is -2.40. The summed E-state index contributed by atoms with van der Waals surface area (Å²) >= 11 is 4.58. The van der Waals surface area contributed by atoms with Crippen LogP contribution in [0.2, 0.25) is 0 Å². The molecule has 0 aromatic rings. The van der Waals surface area contributed by atoms with Gasteiger partial charge in [0.25, 0.3) is 0 Å². The Labute approximate surface area is 107 Å². The molecule has 0 rings (SSSR count). The van der Waals surface area contributed by atoms with Crippen LogP contribution in [0.3, 0.4) is 0 Å². The van der Waals surface area contributed by atoms with Gasteiger partial charge in [0.05, 0.1) is 5.49 Å². The highest BCUT2D eigenvalue weighted by Crippen LogP contribution is 2.50. The molecule has 0 saturated heterocycles. The second kappa shape index (κ2) is 6.44. The van der Waals surface area contributed by atoms with Gasteiger partial charge < -0.3 is 19.1 Å². The van der Waals surface area contributed by atoms with Crippen molar-refractivity contribution in [3.8, 4) is 0 Å². The fraction of sp³-hybridized carbons (Fsp3) is 0.778. The van der Waals surface area contributed by atoms with Crippen LogP contribution in [-0.4, -0.2) is 37.1 Å².